The first-order valence-corrected chi connectivity index (χ1v) is 5.33. The van der Waals surface area contributed by atoms with Gasteiger partial charge in [-0.1, -0.05) is 0 Å². The first-order valence-electron chi connectivity index (χ1n) is 5.33. The Morgan fingerprint density at radius 2 is 1.80 bits per heavy atom. The molecule has 0 aromatic heterocycles. The second-order valence-electron chi connectivity index (χ2n) is 3.72. The summed E-state index contributed by atoms with van der Waals surface area (Å²) in [4.78, 5) is 25.1. The Morgan fingerprint density at radius 3 is 2.27 bits per heavy atom. The number of nitrogens with one attached hydrogen (secondary N) is 1. The molecule has 15 heavy (non-hydrogen) atoms. The molecule has 1 heterocycles. The summed E-state index contributed by atoms with van der Waals surface area (Å²) in [6, 6.07) is 0. The zero-order valence-corrected chi connectivity index (χ0v) is 9.76. The van der Waals surface area contributed by atoms with E-state index in [4.69, 9.17) is 0 Å². The van der Waals surface area contributed by atoms with Crippen molar-refractivity contribution in [1.82, 2.24) is 10.2 Å². The van der Waals surface area contributed by atoms with Gasteiger partial charge in [0.2, 0.25) is 5.91 Å². The third-order valence-electron chi connectivity index (χ3n) is 2.87. The molecule has 0 aromatic carbocycles. The highest BCUT2D eigenvalue weighted by Crippen LogP contribution is 2.23. The van der Waals surface area contributed by atoms with Gasteiger partial charge in [-0.3, -0.25) is 14.9 Å². The maximum absolute atomic E-state index is 11.5. The van der Waals surface area contributed by atoms with E-state index >= 15 is 0 Å². The van der Waals surface area contributed by atoms with Crippen LogP contribution in [0.5, 0.6) is 0 Å². The number of carbonyl (C=O) groups excluding carboxylic acids is 2. The number of amides is 2. The predicted octanol–water partition coefficient (Wildman–Crippen LogP) is 0.895. The second-order valence-corrected chi connectivity index (χ2v) is 3.72. The van der Waals surface area contributed by atoms with Crippen molar-refractivity contribution in [2.24, 2.45) is 5.92 Å². The lowest BCUT2D eigenvalue weighted by atomic mass is 9.96. The van der Waals surface area contributed by atoms with Gasteiger partial charge in [0.1, 0.15) is 0 Å². The van der Waals surface area contributed by atoms with Crippen LogP contribution in [0.1, 0.15) is 27.7 Å². The third kappa shape index (κ3) is 2.03. The number of hydrogen-bond donors (Lipinski definition) is 1. The van der Waals surface area contributed by atoms with Gasteiger partial charge in [0.05, 0.1) is 5.92 Å². The lowest BCUT2D eigenvalue weighted by Crippen LogP contribution is -2.45. The Bertz CT molecular complexity index is 317. The molecular formula is C11H18N2O2. The van der Waals surface area contributed by atoms with E-state index < -0.39 is 0 Å². The molecule has 1 N–H and O–H groups in total. The fraction of sp³-hybridized carbons (Fsp3) is 0.636. The average molecular weight is 210 g/mol. The van der Waals surface area contributed by atoms with Gasteiger partial charge >= 0.3 is 0 Å². The molecule has 0 fully saturated rings. The molecular weight excluding hydrogens is 192 g/mol. The maximum Gasteiger partial charge on any atom is 0.255 e. The fourth-order valence-corrected chi connectivity index (χ4v) is 1.95. The van der Waals surface area contributed by atoms with E-state index in [1.165, 1.54) is 0 Å². The minimum atomic E-state index is -0.264. The molecule has 4 heteroatoms. The summed E-state index contributed by atoms with van der Waals surface area (Å²) in [6.45, 7) is 9.27. The maximum atomic E-state index is 11.5. The lowest BCUT2D eigenvalue weighted by molar-refractivity contribution is -0.131. The van der Waals surface area contributed by atoms with E-state index in [1.54, 1.807) is 6.92 Å². The van der Waals surface area contributed by atoms with E-state index in [0.29, 0.717) is 5.57 Å². The Balaban J connectivity index is 3.14. The first-order chi connectivity index (χ1) is 7.02. The van der Waals surface area contributed by atoms with E-state index in [9.17, 15) is 9.59 Å². The van der Waals surface area contributed by atoms with Gasteiger partial charge < -0.3 is 4.90 Å². The Kier molecular flexibility index (Phi) is 3.50. The highest BCUT2D eigenvalue weighted by molar-refractivity contribution is 6.08. The SMILES string of the molecule is CCN(CC)C1=C(C)C(=O)NC(=O)C1C. The van der Waals surface area contributed by atoms with Crippen LogP contribution in [-0.2, 0) is 9.59 Å². The van der Waals surface area contributed by atoms with Gasteiger partial charge in [-0.2, -0.15) is 0 Å². The topological polar surface area (TPSA) is 49.4 Å². The number of nitrogens with zero attached hydrogens (tertiary/aromatic N) is 1. The average Bonchev–Trinajstić information content (AvgIpc) is 2.21. The van der Waals surface area contributed by atoms with Gasteiger partial charge in [0.25, 0.3) is 5.91 Å². The Morgan fingerprint density at radius 1 is 1.27 bits per heavy atom. The molecule has 1 unspecified atom stereocenters. The van der Waals surface area contributed by atoms with Crippen molar-refractivity contribution in [3.8, 4) is 0 Å². The first kappa shape index (κ1) is 11.8. The highest BCUT2D eigenvalue weighted by Gasteiger charge is 2.31. The van der Waals surface area contributed by atoms with Crippen LogP contribution in [0.15, 0.2) is 11.3 Å². The van der Waals surface area contributed by atoms with Crippen molar-refractivity contribution in [3.63, 3.8) is 0 Å². The normalized spacial score (nSPS) is 21.7. The minimum absolute atomic E-state index is 0.201. The van der Waals surface area contributed by atoms with Gasteiger partial charge in [-0.25, -0.2) is 0 Å². The van der Waals surface area contributed by atoms with Gasteiger partial charge in [-0.15, -0.1) is 0 Å². The monoisotopic (exact) mass is 210 g/mol. The molecule has 2 amide bonds. The minimum Gasteiger partial charge on any atom is -0.374 e. The van der Waals surface area contributed by atoms with Gasteiger partial charge in [-0.05, 0) is 27.7 Å². The second kappa shape index (κ2) is 4.47. The summed E-state index contributed by atoms with van der Waals surface area (Å²) in [5.41, 5.74) is 1.53. The van der Waals surface area contributed by atoms with Gasteiger partial charge in [0.15, 0.2) is 0 Å². The van der Waals surface area contributed by atoms with Crippen molar-refractivity contribution in [2.45, 2.75) is 27.7 Å². The molecule has 0 aliphatic carbocycles. The van der Waals surface area contributed by atoms with Crippen LogP contribution in [0, 0.1) is 5.92 Å². The largest absolute Gasteiger partial charge is 0.374 e. The zero-order valence-electron chi connectivity index (χ0n) is 9.76. The quantitative estimate of drug-likeness (QED) is 0.704. The van der Waals surface area contributed by atoms with E-state index in [0.717, 1.165) is 18.8 Å². The van der Waals surface area contributed by atoms with Crippen LogP contribution in [0.4, 0.5) is 0 Å². The summed E-state index contributed by atoms with van der Waals surface area (Å²) < 4.78 is 0. The molecule has 1 aliphatic heterocycles. The van der Waals surface area contributed by atoms with E-state index in [2.05, 4.69) is 10.2 Å². The van der Waals surface area contributed by atoms with Gasteiger partial charge in [0, 0.05) is 24.4 Å². The van der Waals surface area contributed by atoms with Crippen LogP contribution in [0.3, 0.4) is 0 Å². The van der Waals surface area contributed by atoms with Crippen LogP contribution in [0.2, 0.25) is 0 Å². The van der Waals surface area contributed by atoms with Crippen molar-refractivity contribution >= 4 is 11.8 Å². The molecule has 0 bridgehead atoms. The summed E-state index contributed by atoms with van der Waals surface area (Å²) in [6.07, 6.45) is 0. The number of rotatable bonds is 3. The number of hydrogen-bond acceptors (Lipinski definition) is 3. The summed E-state index contributed by atoms with van der Waals surface area (Å²) in [5.74, 6) is -0.699. The zero-order chi connectivity index (χ0) is 11.6. The molecule has 0 aromatic rings. The molecule has 4 nitrogen and oxygen atoms in total. The fourth-order valence-electron chi connectivity index (χ4n) is 1.95. The van der Waals surface area contributed by atoms with Crippen molar-refractivity contribution in [3.05, 3.63) is 11.3 Å². The molecule has 1 atom stereocenters. The highest BCUT2D eigenvalue weighted by atomic mass is 16.2. The molecule has 0 radical (unpaired) electrons. The van der Waals surface area contributed by atoms with E-state index in [1.807, 2.05) is 20.8 Å². The summed E-state index contributed by atoms with van der Waals surface area (Å²) >= 11 is 0. The molecule has 0 spiro atoms. The van der Waals surface area contributed by atoms with Crippen LogP contribution >= 0.6 is 0 Å². The van der Waals surface area contributed by atoms with Crippen molar-refractivity contribution in [1.29, 1.82) is 0 Å². The van der Waals surface area contributed by atoms with Crippen LogP contribution in [-0.4, -0.2) is 29.8 Å². The standard InChI is InChI=1S/C11H18N2O2/c1-5-13(6-2)9-7(3)10(14)12-11(15)8(9)4/h7H,5-6H2,1-4H3,(H,12,14,15). The third-order valence-corrected chi connectivity index (χ3v) is 2.87. The van der Waals surface area contributed by atoms with Crippen molar-refractivity contribution in [2.75, 3.05) is 13.1 Å². The summed E-state index contributed by atoms with van der Waals surface area (Å²) in [7, 11) is 0. The van der Waals surface area contributed by atoms with E-state index in [-0.39, 0.29) is 17.7 Å². The number of imide groups is 1. The Hall–Kier alpha value is -1.32. The predicted molar refractivity (Wildman–Crippen MR) is 57.9 cm³/mol. The molecule has 1 rings (SSSR count). The Labute approximate surface area is 90.3 Å². The van der Waals surface area contributed by atoms with Crippen LogP contribution < -0.4 is 5.32 Å². The summed E-state index contributed by atoms with van der Waals surface area (Å²) in [5, 5.41) is 2.35. The molecule has 0 saturated heterocycles. The molecule has 1 aliphatic rings. The number of carbonyl (C=O) groups is 2. The molecule has 0 saturated carbocycles. The smallest absolute Gasteiger partial charge is 0.255 e. The van der Waals surface area contributed by atoms with Crippen LogP contribution in [0.25, 0.3) is 0 Å². The van der Waals surface area contributed by atoms with Crippen molar-refractivity contribution < 1.29 is 9.59 Å². The lowest BCUT2D eigenvalue weighted by Gasteiger charge is -2.32. The molecule has 84 valence electrons.